The fraction of sp³-hybridized carbons (Fsp3) is 0.500. The maximum atomic E-state index is 11.2. The standard InChI is InChI=1S/C14H19NO2/c1-2-13(14(16)17)15-9-5-8-11-6-3-4-7-12(11)10-15/h3-4,6-7,13H,2,5,8-10H2,1H3,(H,16,17)/t13-/m1/s1. The first-order valence-electron chi connectivity index (χ1n) is 6.26. The van der Waals surface area contributed by atoms with E-state index < -0.39 is 5.97 Å². The van der Waals surface area contributed by atoms with Crippen LogP contribution < -0.4 is 0 Å². The monoisotopic (exact) mass is 233 g/mol. The van der Waals surface area contributed by atoms with Crippen molar-refractivity contribution >= 4 is 5.97 Å². The molecule has 0 bridgehead atoms. The van der Waals surface area contributed by atoms with Crippen molar-refractivity contribution in [3.63, 3.8) is 0 Å². The van der Waals surface area contributed by atoms with E-state index in [9.17, 15) is 9.90 Å². The molecule has 0 aromatic heterocycles. The van der Waals surface area contributed by atoms with Crippen LogP contribution in [0.25, 0.3) is 0 Å². The lowest BCUT2D eigenvalue weighted by atomic mass is 10.0. The zero-order valence-corrected chi connectivity index (χ0v) is 10.2. The third kappa shape index (κ3) is 2.67. The van der Waals surface area contributed by atoms with Crippen molar-refractivity contribution in [2.75, 3.05) is 6.54 Å². The normalized spacial score (nSPS) is 18.2. The van der Waals surface area contributed by atoms with E-state index in [1.54, 1.807) is 0 Å². The number of rotatable bonds is 3. The second-order valence-electron chi connectivity index (χ2n) is 4.61. The number of aryl methyl sites for hydroxylation is 1. The van der Waals surface area contributed by atoms with Crippen molar-refractivity contribution in [2.45, 2.75) is 38.8 Å². The van der Waals surface area contributed by atoms with Gasteiger partial charge < -0.3 is 5.11 Å². The number of hydrogen-bond acceptors (Lipinski definition) is 2. The first-order valence-corrected chi connectivity index (χ1v) is 6.26. The lowest BCUT2D eigenvalue weighted by molar-refractivity contribution is -0.143. The Hall–Kier alpha value is -1.35. The molecule has 1 aromatic carbocycles. The summed E-state index contributed by atoms with van der Waals surface area (Å²) in [5, 5.41) is 9.22. The molecule has 17 heavy (non-hydrogen) atoms. The van der Waals surface area contributed by atoms with Crippen LogP contribution in [0.15, 0.2) is 24.3 Å². The number of benzene rings is 1. The molecule has 0 aliphatic carbocycles. The fourth-order valence-electron chi connectivity index (χ4n) is 2.58. The Labute approximate surface area is 102 Å². The first kappa shape index (κ1) is 12.1. The number of fused-ring (bicyclic) bond motifs is 1. The molecule has 0 amide bonds. The van der Waals surface area contributed by atoms with E-state index in [-0.39, 0.29) is 6.04 Å². The van der Waals surface area contributed by atoms with Crippen LogP contribution in [0.1, 0.15) is 30.9 Å². The van der Waals surface area contributed by atoms with Gasteiger partial charge in [0.05, 0.1) is 0 Å². The highest BCUT2D eigenvalue weighted by Gasteiger charge is 2.25. The largest absolute Gasteiger partial charge is 0.480 e. The SMILES string of the molecule is CC[C@H](C(=O)O)N1CCCc2ccccc2C1. The molecule has 0 spiro atoms. The van der Waals surface area contributed by atoms with Gasteiger partial charge >= 0.3 is 5.97 Å². The summed E-state index contributed by atoms with van der Waals surface area (Å²) in [4.78, 5) is 13.3. The van der Waals surface area contributed by atoms with E-state index in [0.717, 1.165) is 25.9 Å². The van der Waals surface area contributed by atoms with Crippen LogP contribution >= 0.6 is 0 Å². The Morgan fingerprint density at radius 3 is 2.76 bits per heavy atom. The second-order valence-corrected chi connectivity index (χ2v) is 4.61. The minimum absolute atomic E-state index is 0.346. The average Bonchev–Trinajstić information content (AvgIpc) is 2.51. The van der Waals surface area contributed by atoms with Crippen molar-refractivity contribution in [3.8, 4) is 0 Å². The number of carboxylic acids is 1. The molecule has 0 radical (unpaired) electrons. The number of nitrogens with zero attached hydrogens (tertiary/aromatic N) is 1. The molecule has 3 heteroatoms. The minimum Gasteiger partial charge on any atom is -0.480 e. The van der Waals surface area contributed by atoms with Crippen LogP contribution in [-0.4, -0.2) is 28.6 Å². The summed E-state index contributed by atoms with van der Waals surface area (Å²) in [6.45, 7) is 3.58. The third-order valence-electron chi connectivity index (χ3n) is 3.50. The smallest absolute Gasteiger partial charge is 0.320 e. The highest BCUT2D eigenvalue weighted by molar-refractivity contribution is 5.73. The Balaban J connectivity index is 2.20. The molecule has 1 aliphatic rings. The molecule has 0 saturated heterocycles. The molecule has 0 fully saturated rings. The Morgan fingerprint density at radius 1 is 1.41 bits per heavy atom. The van der Waals surface area contributed by atoms with Crippen molar-refractivity contribution in [3.05, 3.63) is 35.4 Å². The molecule has 2 rings (SSSR count). The summed E-state index contributed by atoms with van der Waals surface area (Å²) in [7, 11) is 0. The van der Waals surface area contributed by atoms with Gasteiger partial charge in [0.2, 0.25) is 0 Å². The van der Waals surface area contributed by atoms with Crippen LogP contribution in [-0.2, 0) is 17.8 Å². The van der Waals surface area contributed by atoms with Crippen molar-refractivity contribution in [1.29, 1.82) is 0 Å². The van der Waals surface area contributed by atoms with E-state index >= 15 is 0 Å². The Morgan fingerprint density at radius 2 is 2.12 bits per heavy atom. The van der Waals surface area contributed by atoms with Crippen molar-refractivity contribution < 1.29 is 9.90 Å². The summed E-state index contributed by atoms with van der Waals surface area (Å²) in [6, 6.07) is 8.01. The predicted molar refractivity (Wildman–Crippen MR) is 66.9 cm³/mol. The molecule has 1 aliphatic heterocycles. The van der Waals surface area contributed by atoms with Gasteiger partial charge in [-0.25, -0.2) is 0 Å². The molecule has 1 N–H and O–H groups in total. The molecule has 92 valence electrons. The summed E-state index contributed by atoms with van der Waals surface area (Å²) in [5.74, 6) is -0.702. The highest BCUT2D eigenvalue weighted by atomic mass is 16.4. The van der Waals surface area contributed by atoms with E-state index in [2.05, 4.69) is 23.1 Å². The van der Waals surface area contributed by atoms with Gasteiger partial charge in [-0.3, -0.25) is 9.69 Å². The summed E-state index contributed by atoms with van der Waals surface area (Å²) < 4.78 is 0. The van der Waals surface area contributed by atoms with E-state index in [4.69, 9.17) is 0 Å². The van der Waals surface area contributed by atoms with Crippen LogP contribution in [0, 0.1) is 0 Å². The second kappa shape index (κ2) is 5.32. The van der Waals surface area contributed by atoms with Crippen molar-refractivity contribution in [1.82, 2.24) is 4.90 Å². The summed E-state index contributed by atoms with van der Waals surface area (Å²) in [5.41, 5.74) is 2.65. The molecule has 1 heterocycles. The zero-order chi connectivity index (χ0) is 12.3. The Bertz CT molecular complexity index is 403. The fourth-order valence-corrected chi connectivity index (χ4v) is 2.58. The van der Waals surface area contributed by atoms with Gasteiger partial charge in [-0.15, -0.1) is 0 Å². The van der Waals surface area contributed by atoms with E-state index in [1.165, 1.54) is 11.1 Å². The molecular formula is C14H19NO2. The third-order valence-corrected chi connectivity index (χ3v) is 3.50. The zero-order valence-electron chi connectivity index (χ0n) is 10.2. The van der Waals surface area contributed by atoms with Crippen molar-refractivity contribution in [2.24, 2.45) is 0 Å². The molecule has 1 atom stereocenters. The molecule has 3 nitrogen and oxygen atoms in total. The quantitative estimate of drug-likeness (QED) is 0.871. The summed E-state index contributed by atoms with van der Waals surface area (Å²) in [6.07, 6.45) is 2.76. The molecular weight excluding hydrogens is 214 g/mol. The highest BCUT2D eigenvalue weighted by Crippen LogP contribution is 2.20. The molecule has 1 aromatic rings. The Kier molecular flexibility index (Phi) is 3.79. The topological polar surface area (TPSA) is 40.5 Å². The maximum Gasteiger partial charge on any atom is 0.320 e. The summed E-state index contributed by atoms with van der Waals surface area (Å²) >= 11 is 0. The van der Waals surface area contributed by atoms with Gasteiger partial charge in [-0.1, -0.05) is 31.2 Å². The average molecular weight is 233 g/mol. The minimum atomic E-state index is -0.702. The van der Waals surface area contributed by atoms with Crippen LogP contribution in [0.5, 0.6) is 0 Å². The van der Waals surface area contributed by atoms with Crippen LogP contribution in [0.2, 0.25) is 0 Å². The number of aliphatic carboxylic acids is 1. The van der Waals surface area contributed by atoms with Crippen LogP contribution in [0.4, 0.5) is 0 Å². The van der Waals surface area contributed by atoms with Gasteiger partial charge in [-0.2, -0.15) is 0 Å². The van der Waals surface area contributed by atoms with E-state index in [0.29, 0.717) is 6.42 Å². The predicted octanol–water partition coefficient (Wildman–Crippen LogP) is 2.30. The maximum absolute atomic E-state index is 11.2. The van der Waals surface area contributed by atoms with Gasteiger partial charge in [0.15, 0.2) is 0 Å². The lowest BCUT2D eigenvalue weighted by Gasteiger charge is -2.26. The van der Waals surface area contributed by atoms with E-state index in [1.807, 2.05) is 13.0 Å². The number of carboxylic acid groups (broad SMARTS) is 1. The number of hydrogen-bond donors (Lipinski definition) is 1. The van der Waals surface area contributed by atoms with Crippen LogP contribution in [0.3, 0.4) is 0 Å². The molecule has 0 unspecified atom stereocenters. The van der Waals surface area contributed by atoms with Gasteiger partial charge in [0, 0.05) is 6.54 Å². The number of carbonyl (C=O) groups is 1. The molecule has 0 saturated carbocycles. The van der Waals surface area contributed by atoms with Gasteiger partial charge in [-0.05, 0) is 36.9 Å². The van der Waals surface area contributed by atoms with Gasteiger partial charge in [0.25, 0.3) is 0 Å². The van der Waals surface area contributed by atoms with Gasteiger partial charge in [0.1, 0.15) is 6.04 Å². The first-order chi connectivity index (χ1) is 8.22. The lowest BCUT2D eigenvalue weighted by Crippen LogP contribution is -2.40.